The summed E-state index contributed by atoms with van der Waals surface area (Å²) in [4.78, 5) is 30.2. The predicted molar refractivity (Wildman–Crippen MR) is 124 cm³/mol. The Hall–Kier alpha value is -2.68. The smallest absolute Gasteiger partial charge is 0.253 e. The van der Waals surface area contributed by atoms with Crippen LogP contribution in [0.25, 0.3) is 0 Å². The van der Waals surface area contributed by atoms with Crippen LogP contribution in [-0.2, 0) is 17.8 Å². The first-order chi connectivity index (χ1) is 15.9. The van der Waals surface area contributed by atoms with Crippen LogP contribution < -0.4 is 15.4 Å². The number of aliphatic hydroxyl groups is 1. The van der Waals surface area contributed by atoms with Gasteiger partial charge >= 0.3 is 0 Å². The maximum Gasteiger partial charge on any atom is 0.253 e. The lowest BCUT2D eigenvalue weighted by Crippen LogP contribution is -2.49. The number of fused-ring (bicyclic) bond motifs is 1. The van der Waals surface area contributed by atoms with Crippen LogP contribution in [-0.4, -0.2) is 64.7 Å². The Kier molecular flexibility index (Phi) is 7.47. The van der Waals surface area contributed by atoms with E-state index < -0.39 is 12.0 Å². The first kappa shape index (κ1) is 23.5. The molecule has 0 spiro atoms. The van der Waals surface area contributed by atoms with Crippen LogP contribution in [0.4, 0.5) is 0 Å². The zero-order valence-electron chi connectivity index (χ0n) is 18.6. The summed E-state index contributed by atoms with van der Waals surface area (Å²) in [5, 5.41) is 16.9. The number of likely N-dealkylation sites (tertiary alicyclic amines) is 1. The van der Waals surface area contributed by atoms with Gasteiger partial charge < -0.3 is 25.4 Å². The SMILES string of the molecule is CC(=O)N1CCC(Oc2nccc(C(=O)NCC(O)[C@@H]3Cc4ccccc4CN3)c2Cl)CC1. The number of carbonyl (C=O) groups is 2. The zero-order chi connectivity index (χ0) is 23.4. The number of aliphatic hydroxyl groups excluding tert-OH is 1. The molecule has 1 unspecified atom stereocenters. The van der Waals surface area contributed by atoms with E-state index >= 15 is 0 Å². The molecule has 9 heteroatoms. The molecular formula is C24H29ClN4O4. The fraction of sp³-hybridized carbons (Fsp3) is 0.458. The summed E-state index contributed by atoms with van der Waals surface area (Å²) in [5.41, 5.74) is 2.68. The topological polar surface area (TPSA) is 104 Å². The van der Waals surface area contributed by atoms with Crippen LogP contribution >= 0.6 is 11.6 Å². The molecule has 2 aromatic rings. The van der Waals surface area contributed by atoms with E-state index in [1.807, 2.05) is 12.1 Å². The van der Waals surface area contributed by atoms with Gasteiger partial charge in [-0.3, -0.25) is 9.59 Å². The Morgan fingerprint density at radius 1 is 1.27 bits per heavy atom. The highest BCUT2D eigenvalue weighted by molar-refractivity contribution is 6.35. The molecule has 0 saturated carbocycles. The molecule has 1 fully saturated rings. The largest absolute Gasteiger partial charge is 0.473 e. The third-order valence-electron chi connectivity index (χ3n) is 6.32. The van der Waals surface area contributed by atoms with Crippen LogP contribution in [0.5, 0.6) is 5.88 Å². The van der Waals surface area contributed by atoms with E-state index in [2.05, 4.69) is 27.8 Å². The molecule has 4 rings (SSSR count). The second-order valence-electron chi connectivity index (χ2n) is 8.54. The number of benzene rings is 1. The van der Waals surface area contributed by atoms with Gasteiger partial charge in [-0.15, -0.1) is 0 Å². The lowest BCUT2D eigenvalue weighted by atomic mass is 9.93. The first-order valence-electron chi connectivity index (χ1n) is 11.3. The number of aromatic nitrogens is 1. The lowest BCUT2D eigenvalue weighted by molar-refractivity contribution is -0.130. The lowest BCUT2D eigenvalue weighted by Gasteiger charge is -2.31. The highest BCUT2D eigenvalue weighted by Crippen LogP contribution is 2.28. The number of hydrogen-bond donors (Lipinski definition) is 3. The van der Waals surface area contributed by atoms with Crippen molar-refractivity contribution in [2.24, 2.45) is 0 Å². The minimum Gasteiger partial charge on any atom is -0.473 e. The molecule has 2 aliphatic heterocycles. The Morgan fingerprint density at radius 2 is 2.00 bits per heavy atom. The molecule has 1 saturated heterocycles. The third kappa shape index (κ3) is 5.63. The summed E-state index contributed by atoms with van der Waals surface area (Å²) >= 11 is 6.43. The van der Waals surface area contributed by atoms with Gasteiger partial charge in [0.15, 0.2) is 0 Å². The van der Waals surface area contributed by atoms with Crippen LogP contribution in [0.1, 0.15) is 41.3 Å². The fourth-order valence-electron chi connectivity index (χ4n) is 4.31. The summed E-state index contributed by atoms with van der Waals surface area (Å²) in [6.07, 6.45) is 2.67. The van der Waals surface area contributed by atoms with Crippen molar-refractivity contribution >= 4 is 23.4 Å². The van der Waals surface area contributed by atoms with Crippen molar-refractivity contribution in [1.82, 2.24) is 20.5 Å². The number of halogens is 1. The van der Waals surface area contributed by atoms with Crippen molar-refractivity contribution in [2.45, 2.75) is 51.0 Å². The van der Waals surface area contributed by atoms with Gasteiger partial charge in [0.25, 0.3) is 5.91 Å². The van der Waals surface area contributed by atoms with Crippen LogP contribution in [0.2, 0.25) is 5.02 Å². The average Bonchev–Trinajstić information content (AvgIpc) is 2.83. The number of carbonyl (C=O) groups excluding carboxylic acids is 2. The molecule has 3 N–H and O–H groups in total. The van der Waals surface area contributed by atoms with Gasteiger partial charge in [0.2, 0.25) is 11.8 Å². The fourth-order valence-corrected chi connectivity index (χ4v) is 4.56. The van der Waals surface area contributed by atoms with Crippen LogP contribution in [0.3, 0.4) is 0 Å². The number of nitrogens with zero attached hydrogens (tertiary/aromatic N) is 2. The van der Waals surface area contributed by atoms with Gasteiger partial charge in [0.1, 0.15) is 11.1 Å². The summed E-state index contributed by atoms with van der Waals surface area (Å²) in [6, 6.07) is 9.52. The summed E-state index contributed by atoms with van der Waals surface area (Å²) in [6.45, 7) is 3.58. The van der Waals surface area contributed by atoms with Gasteiger partial charge in [0, 0.05) is 58.2 Å². The van der Waals surface area contributed by atoms with Gasteiger partial charge in [-0.1, -0.05) is 35.9 Å². The van der Waals surface area contributed by atoms with Crippen molar-refractivity contribution in [2.75, 3.05) is 19.6 Å². The summed E-state index contributed by atoms with van der Waals surface area (Å²) in [5.74, 6) is -0.135. The maximum atomic E-state index is 12.8. The second-order valence-corrected chi connectivity index (χ2v) is 8.92. The van der Waals surface area contributed by atoms with Gasteiger partial charge in [-0.25, -0.2) is 4.98 Å². The number of hydrogen-bond acceptors (Lipinski definition) is 6. The summed E-state index contributed by atoms with van der Waals surface area (Å²) < 4.78 is 5.94. The molecule has 0 radical (unpaired) electrons. The number of piperidine rings is 1. The van der Waals surface area contributed by atoms with Crippen LogP contribution in [0, 0.1) is 0 Å². The molecule has 2 aliphatic rings. The van der Waals surface area contributed by atoms with Crippen molar-refractivity contribution < 1.29 is 19.4 Å². The number of rotatable bonds is 6. The van der Waals surface area contributed by atoms with Crippen molar-refractivity contribution in [3.05, 3.63) is 58.2 Å². The number of nitrogens with one attached hydrogen (secondary N) is 2. The van der Waals surface area contributed by atoms with E-state index in [0.29, 0.717) is 38.9 Å². The maximum absolute atomic E-state index is 12.8. The molecule has 1 aromatic heterocycles. The molecule has 0 bridgehead atoms. The monoisotopic (exact) mass is 472 g/mol. The van der Waals surface area contributed by atoms with Gasteiger partial charge in [-0.2, -0.15) is 0 Å². The van der Waals surface area contributed by atoms with Crippen molar-refractivity contribution in [1.29, 1.82) is 0 Å². The Bertz CT molecular complexity index is 1010. The number of ether oxygens (including phenoxy) is 1. The highest BCUT2D eigenvalue weighted by atomic mass is 35.5. The molecule has 1 aromatic carbocycles. The molecule has 8 nitrogen and oxygen atoms in total. The molecule has 0 aliphatic carbocycles. The highest BCUT2D eigenvalue weighted by Gasteiger charge is 2.26. The van der Waals surface area contributed by atoms with Crippen molar-refractivity contribution in [3.8, 4) is 5.88 Å². The molecule has 33 heavy (non-hydrogen) atoms. The van der Waals surface area contributed by atoms with E-state index in [1.54, 1.807) is 11.8 Å². The van der Waals surface area contributed by atoms with E-state index in [-0.39, 0.29) is 41.1 Å². The molecule has 176 valence electrons. The predicted octanol–water partition coefficient (Wildman–Crippen LogP) is 1.93. The average molecular weight is 473 g/mol. The minimum atomic E-state index is -0.745. The quantitative estimate of drug-likeness (QED) is 0.593. The van der Waals surface area contributed by atoms with Gasteiger partial charge in [-0.05, 0) is 23.6 Å². The Labute approximate surface area is 198 Å². The standard InChI is InChI=1S/C24H29ClN4O4/c1-15(30)29-10-7-18(8-11-29)33-24-22(25)19(6-9-26-24)23(32)28-14-21(31)20-12-16-4-2-3-5-17(16)13-27-20/h2-6,9,18,20-21,27,31H,7-8,10-14H2,1H3,(H,28,32)/t20-,21?/m0/s1. The molecular weight excluding hydrogens is 444 g/mol. The van der Waals surface area contributed by atoms with Gasteiger partial charge in [0.05, 0.1) is 11.7 Å². The molecule has 3 heterocycles. The van der Waals surface area contributed by atoms with E-state index in [1.165, 1.54) is 23.4 Å². The Morgan fingerprint density at radius 3 is 2.73 bits per heavy atom. The first-order valence-corrected chi connectivity index (χ1v) is 11.6. The van der Waals surface area contributed by atoms with Crippen molar-refractivity contribution in [3.63, 3.8) is 0 Å². The Balaban J connectivity index is 1.32. The van der Waals surface area contributed by atoms with E-state index in [0.717, 1.165) is 0 Å². The zero-order valence-corrected chi connectivity index (χ0v) is 19.3. The number of pyridine rings is 1. The summed E-state index contributed by atoms with van der Waals surface area (Å²) in [7, 11) is 0. The molecule has 2 amide bonds. The minimum absolute atomic E-state index is 0.0538. The third-order valence-corrected chi connectivity index (χ3v) is 6.68. The van der Waals surface area contributed by atoms with E-state index in [9.17, 15) is 14.7 Å². The normalized spacial score (nSPS) is 19.5. The second kappa shape index (κ2) is 10.5. The number of amides is 2. The molecule has 2 atom stereocenters. The van der Waals surface area contributed by atoms with Crippen LogP contribution in [0.15, 0.2) is 36.5 Å². The van der Waals surface area contributed by atoms with E-state index in [4.69, 9.17) is 16.3 Å².